The van der Waals surface area contributed by atoms with Crippen LogP contribution in [0.3, 0.4) is 0 Å². The van der Waals surface area contributed by atoms with Crippen LogP contribution in [-0.2, 0) is 9.53 Å². The summed E-state index contributed by atoms with van der Waals surface area (Å²) in [5.41, 5.74) is 0. The first-order chi connectivity index (χ1) is 10.1. The number of carbonyl (C=O) groups excluding carboxylic acids is 2. The maximum atomic E-state index is 11.8. The van der Waals surface area contributed by atoms with Crippen molar-refractivity contribution in [1.82, 2.24) is 10.2 Å². The third-order valence-corrected chi connectivity index (χ3v) is 4.57. The molecule has 3 heterocycles. The molecule has 0 aromatic carbocycles. The molecule has 0 spiro atoms. The molecular weight excluding hydrogens is 272 g/mol. The lowest BCUT2D eigenvalue weighted by atomic mass is 9.90. The van der Waals surface area contributed by atoms with Crippen LogP contribution in [0, 0.1) is 5.92 Å². The number of nitrogens with zero attached hydrogens (tertiary/aromatic N) is 1. The molecule has 114 valence electrons. The summed E-state index contributed by atoms with van der Waals surface area (Å²) in [4.78, 5) is 25.6. The Morgan fingerprint density at radius 2 is 2.33 bits per heavy atom. The second kappa shape index (κ2) is 5.52. The number of methoxy groups -OCH3 is 1. The molecule has 0 saturated carbocycles. The number of hydrogen-bond acceptors (Lipinski definition) is 5. The smallest absolute Gasteiger partial charge is 0.373 e. The molecule has 6 heteroatoms. The van der Waals surface area contributed by atoms with Crippen LogP contribution < -0.4 is 5.32 Å². The van der Waals surface area contributed by atoms with Crippen LogP contribution in [0.2, 0.25) is 0 Å². The first-order valence-corrected chi connectivity index (χ1v) is 7.33. The van der Waals surface area contributed by atoms with Crippen molar-refractivity contribution in [3.8, 4) is 0 Å². The third kappa shape index (κ3) is 2.44. The van der Waals surface area contributed by atoms with Crippen molar-refractivity contribution in [3.05, 3.63) is 23.7 Å². The largest absolute Gasteiger partial charge is 0.463 e. The minimum absolute atomic E-state index is 0.0314. The highest BCUT2D eigenvalue weighted by molar-refractivity contribution is 5.86. The van der Waals surface area contributed by atoms with Gasteiger partial charge in [0.2, 0.25) is 11.7 Å². The fourth-order valence-corrected chi connectivity index (χ4v) is 3.42. The van der Waals surface area contributed by atoms with Crippen molar-refractivity contribution in [1.29, 1.82) is 0 Å². The van der Waals surface area contributed by atoms with Gasteiger partial charge in [0.25, 0.3) is 0 Å². The molecule has 2 aliphatic rings. The van der Waals surface area contributed by atoms with Crippen molar-refractivity contribution < 1.29 is 18.7 Å². The summed E-state index contributed by atoms with van der Waals surface area (Å²) in [7, 11) is 1.33. The summed E-state index contributed by atoms with van der Waals surface area (Å²) >= 11 is 0. The first kappa shape index (κ1) is 14.1. The number of carbonyl (C=O) groups is 2. The molecule has 3 rings (SSSR count). The van der Waals surface area contributed by atoms with E-state index in [1.165, 1.54) is 7.11 Å². The van der Waals surface area contributed by atoms with Gasteiger partial charge in [-0.25, -0.2) is 4.79 Å². The fourth-order valence-electron chi connectivity index (χ4n) is 3.42. The van der Waals surface area contributed by atoms with Gasteiger partial charge in [-0.1, -0.05) is 0 Å². The molecule has 0 aliphatic carbocycles. The molecule has 3 unspecified atom stereocenters. The van der Waals surface area contributed by atoms with E-state index in [-0.39, 0.29) is 29.7 Å². The fraction of sp³-hybridized carbons (Fsp3) is 0.600. The average Bonchev–Trinajstić information content (AvgIpc) is 3.13. The topological polar surface area (TPSA) is 71.8 Å². The van der Waals surface area contributed by atoms with Crippen molar-refractivity contribution in [2.45, 2.75) is 31.8 Å². The zero-order valence-electron chi connectivity index (χ0n) is 12.3. The van der Waals surface area contributed by atoms with Crippen LogP contribution in [0.25, 0.3) is 0 Å². The second-order valence-electron chi connectivity index (χ2n) is 5.67. The monoisotopic (exact) mass is 292 g/mol. The summed E-state index contributed by atoms with van der Waals surface area (Å²) in [6.45, 7) is 3.68. The number of esters is 1. The molecule has 6 nitrogen and oxygen atoms in total. The van der Waals surface area contributed by atoms with Crippen LogP contribution in [-0.4, -0.2) is 43.0 Å². The Balaban J connectivity index is 1.78. The number of rotatable bonds is 3. The zero-order valence-corrected chi connectivity index (χ0v) is 12.3. The summed E-state index contributed by atoms with van der Waals surface area (Å²) in [5, 5.41) is 2.95. The van der Waals surface area contributed by atoms with Gasteiger partial charge in [0.1, 0.15) is 5.76 Å². The molecule has 0 radical (unpaired) electrons. The first-order valence-electron chi connectivity index (χ1n) is 7.33. The van der Waals surface area contributed by atoms with Gasteiger partial charge in [0, 0.05) is 12.6 Å². The van der Waals surface area contributed by atoms with Crippen LogP contribution in [0.1, 0.15) is 42.1 Å². The van der Waals surface area contributed by atoms with Gasteiger partial charge in [-0.2, -0.15) is 0 Å². The Morgan fingerprint density at radius 3 is 3.10 bits per heavy atom. The van der Waals surface area contributed by atoms with Crippen LogP contribution in [0.15, 0.2) is 16.5 Å². The summed E-state index contributed by atoms with van der Waals surface area (Å²) in [5.74, 6) is 0.717. The number of nitrogens with one attached hydrogen (secondary N) is 1. The van der Waals surface area contributed by atoms with E-state index in [1.807, 2.05) is 13.0 Å². The lowest BCUT2D eigenvalue weighted by molar-refractivity contribution is -0.124. The second-order valence-corrected chi connectivity index (χ2v) is 5.67. The number of fused-ring (bicyclic) bond motifs is 1. The molecule has 1 aromatic heterocycles. The standard InChI is InChI=1S/C15H20N2O4/c1-9(12-5-6-13(21-12)15(19)20-2)17-7-3-4-10-11(17)8-16-14(10)18/h5-6,9-11H,3-4,7-8H2,1-2H3,(H,16,18). The van der Waals surface area contributed by atoms with E-state index in [0.29, 0.717) is 6.54 Å². The van der Waals surface area contributed by atoms with E-state index in [0.717, 1.165) is 25.1 Å². The number of piperidine rings is 1. The SMILES string of the molecule is COC(=O)c1ccc(C(C)N2CCCC3C(=O)NCC32)o1. The Morgan fingerprint density at radius 1 is 1.52 bits per heavy atom. The molecule has 2 saturated heterocycles. The number of ether oxygens (including phenoxy) is 1. The van der Waals surface area contributed by atoms with Gasteiger partial charge in [-0.05, 0) is 38.4 Å². The Bertz CT molecular complexity index is 554. The normalized spacial score (nSPS) is 27.0. The maximum absolute atomic E-state index is 11.8. The highest BCUT2D eigenvalue weighted by Gasteiger charge is 2.42. The number of amides is 1. The van der Waals surface area contributed by atoms with Crippen LogP contribution in [0.4, 0.5) is 0 Å². The lowest BCUT2D eigenvalue weighted by Crippen LogP contribution is -2.46. The maximum Gasteiger partial charge on any atom is 0.373 e. The number of hydrogen-bond donors (Lipinski definition) is 1. The van der Waals surface area contributed by atoms with E-state index in [1.54, 1.807) is 6.07 Å². The van der Waals surface area contributed by atoms with Gasteiger partial charge in [0.15, 0.2) is 0 Å². The lowest BCUT2D eigenvalue weighted by Gasteiger charge is -2.39. The van der Waals surface area contributed by atoms with E-state index < -0.39 is 5.97 Å². The van der Waals surface area contributed by atoms with Gasteiger partial charge in [0.05, 0.1) is 19.1 Å². The quantitative estimate of drug-likeness (QED) is 0.851. The molecule has 2 fully saturated rings. The van der Waals surface area contributed by atoms with E-state index in [4.69, 9.17) is 4.42 Å². The van der Waals surface area contributed by atoms with E-state index in [9.17, 15) is 9.59 Å². The van der Waals surface area contributed by atoms with Gasteiger partial charge in [-0.15, -0.1) is 0 Å². The minimum atomic E-state index is -0.470. The predicted octanol–water partition coefficient (Wildman–Crippen LogP) is 1.34. The highest BCUT2D eigenvalue weighted by atomic mass is 16.5. The van der Waals surface area contributed by atoms with Crippen molar-refractivity contribution in [3.63, 3.8) is 0 Å². The summed E-state index contributed by atoms with van der Waals surface area (Å²) in [6.07, 6.45) is 1.95. The Labute approximate surface area is 123 Å². The van der Waals surface area contributed by atoms with Crippen molar-refractivity contribution in [2.24, 2.45) is 5.92 Å². The molecule has 2 aliphatic heterocycles. The molecule has 1 amide bonds. The Kier molecular flexibility index (Phi) is 3.71. The van der Waals surface area contributed by atoms with Crippen molar-refractivity contribution in [2.75, 3.05) is 20.2 Å². The Hall–Kier alpha value is -1.82. The zero-order chi connectivity index (χ0) is 15.0. The van der Waals surface area contributed by atoms with E-state index >= 15 is 0 Å². The van der Waals surface area contributed by atoms with Gasteiger partial charge < -0.3 is 14.5 Å². The number of furan rings is 1. The molecule has 21 heavy (non-hydrogen) atoms. The summed E-state index contributed by atoms with van der Waals surface area (Å²) in [6, 6.07) is 3.69. The van der Waals surface area contributed by atoms with Crippen LogP contribution >= 0.6 is 0 Å². The molecule has 1 N–H and O–H groups in total. The predicted molar refractivity (Wildman–Crippen MR) is 74.7 cm³/mol. The molecule has 3 atom stereocenters. The van der Waals surface area contributed by atoms with Gasteiger partial charge in [-0.3, -0.25) is 9.69 Å². The number of likely N-dealkylation sites (tertiary alicyclic amines) is 1. The molecular formula is C15H20N2O4. The summed E-state index contributed by atoms with van der Waals surface area (Å²) < 4.78 is 10.3. The minimum Gasteiger partial charge on any atom is -0.463 e. The van der Waals surface area contributed by atoms with Gasteiger partial charge >= 0.3 is 5.97 Å². The third-order valence-electron chi connectivity index (χ3n) is 4.57. The van der Waals surface area contributed by atoms with E-state index in [2.05, 4.69) is 15.0 Å². The highest BCUT2D eigenvalue weighted by Crippen LogP contribution is 2.34. The molecule has 0 bridgehead atoms. The molecule has 1 aromatic rings. The van der Waals surface area contributed by atoms with Crippen molar-refractivity contribution >= 4 is 11.9 Å². The average molecular weight is 292 g/mol. The van der Waals surface area contributed by atoms with Crippen LogP contribution in [0.5, 0.6) is 0 Å².